The van der Waals surface area contributed by atoms with Crippen LogP contribution >= 0.6 is 0 Å². The second-order valence-electron chi connectivity index (χ2n) is 8.65. The van der Waals surface area contributed by atoms with Crippen LogP contribution < -0.4 is 9.80 Å². The van der Waals surface area contributed by atoms with E-state index in [9.17, 15) is 0 Å². The summed E-state index contributed by atoms with van der Waals surface area (Å²) in [5.41, 5.74) is 5.34. The Hall–Kier alpha value is -4.19. The van der Waals surface area contributed by atoms with Crippen LogP contribution in [0.1, 0.15) is 5.56 Å². The van der Waals surface area contributed by atoms with E-state index in [0.29, 0.717) is 11.7 Å². The number of hydrogen-bond acceptors (Lipinski definition) is 6. The lowest BCUT2D eigenvalue weighted by Crippen LogP contribution is -2.46. The number of anilines is 2. The molecule has 0 amide bonds. The number of nitrogens with zero attached hydrogens (tertiary/aromatic N) is 5. The van der Waals surface area contributed by atoms with Gasteiger partial charge in [-0.25, -0.2) is 4.98 Å². The molecule has 1 saturated heterocycles. The average Bonchev–Trinajstić information content (AvgIpc) is 3.39. The normalized spacial score (nSPS) is 14.0. The van der Waals surface area contributed by atoms with Crippen LogP contribution in [0.3, 0.4) is 0 Å². The molecule has 0 saturated carbocycles. The summed E-state index contributed by atoms with van der Waals surface area (Å²) in [5.74, 6) is 2.04. The zero-order valence-corrected chi connectivity index (χ0v) is 19.1. The van der Waals surface area contributed by atoms with Crippen molar-refractivity contribution in [3.63, 3.8) is 0 Å². The fourth-order valence-corrected chi connectivity index (χ4v) is 4.56. The molecule has 0 spiro atoms. The van der Waals surface area contributed by atoms with Gasteiger partial charge in [0.25, 0.3) is 5.89 Å². The van der Waals surface area contributed by atoms with Gasteiger partial charge in [-0.3, -0.25) is 0 Å². The summed E-state index contributed by atoms with van der Waals surface area (Å²) in [4.78, 5) is 14.5. The number of fused-ring (bicyclic) bond motifs is 1. The van der Waals surface area contributed by atoms with Crippen molar-refractivity contribution in [3.8, 4) is 22.8 Å². The minimum absolute atomic E-state index is 0.511. The van der Waals surface area contributed by atoms with Gasteiger partial charge in [0, 0.05) is 42.8 Å². The molecule has 5 aromatic rings. The van der Waals surface area contributed by atoms with Crippen molar-refractivity contribution in [2.24, 2.45) is 0 Å². The maximum atomic E-state index is 5.73. The predicted octanol–water partition coefficient (Wildman–Crippen LogP) is 5.59. The molecule has 0 bridgehead atoms. The summed E-state index contributed by atoms with van der Waals surface area (Å²) in [5, 5.41) is 5.24. The molecule has 1 aliphatic rings. The number of para-hydroxylation sites is 1. The Labute approximate surface area is 198 Å². The van der Waals surface area contributed by atoms with Crippen molar-refractivity contribution >= 4 is 22.4 Å². The molecular formula is C28H25N5O. The van der Waals surface area contributed by atoms with E-state index < -0.39 is 0 Å². The summed E-state index contributed by atoms with van der Waals surface area (Å²) >= 11 is 0. The maximum Gasteiger partial charge on any atom is 0.259 e. The Kier molecular flexibility index (Phi) is 5.18. The molecule has 0 unspecified atom stereocenters. The van der Waals surface area contributed by atoms with Crippen LogP contribution in [0.5, 0.6) is 0 Å². The first-order chi connectivity index (χ1) is 16.7. The van der Waals surface area contributed by atoms with Crippen LogP contribution in [0.15, 0.2) is 89.5 Å². The van der Waals surface area contributed by atoms with Gasteiger partial charge in [0.2, 0.25) is 5.82 Å². The van der Waals surface area contributed by atoms with Gasteiger partial charge in [0.05, 0.1) is 11.1 Å². The van der Waals surface area contributed by atoms with E-state index in [1.807, 2.05) is 48.5 Å². The van der Waals surface area contributed by atoms with E-state index in [0.717, 1.165) is 54.0 Å². The number of aromatic nitrogens is 3. The van der Waals surface area contributed by atoms with Crippen LogP contribution in [0.2, 0.25) is 0 Å². The van der Waals surface area contributed by atoms with Gasteiger partial charge >= 0.3 is 0 Å². The van der Waals surface area contributed by atoms with E-state index >= 15 is 0 Å². The highest BCUT2D eigenvalue weighted by Gasteiger charge is 2.21. The highest BCUT2D eigenvalue weighted by atomic mass is 16.5. The lowest BCUT2D eigenvalue weighted by molar-refractivity contribution is 0.432. The third kappa shape index (κ3) is 3.88. The zero-order chi connectivity index (χ0) is 22.9. The van der Waals surface area contributed by atoms with Crippen LogP contribution in [-0.4, -0.2) is 41.3 Å². The van der Waals surface area contributed by atoms with Gasteiger partial charge in [-0.2, -0.15) is 4.98 Å². The van der Waals surface area contributed by atoms with Crippen molar-refractivity contribution in [1.82, 2.24) is 15.1 Å². The van der Waals surface area contributed by atoms with Crippen molar-refractivity contribution < 1.29 is 4.52 Å². The summed E-state index contributed by atoms with van der Waals surface area (Å²) in [6, 6.07) is 28.8. The standard InChI is InChI=1S/C28H25N5O/c1-20-8-7-11-22(18-20)32-14-16-33(17-15-32)26-19-24(23-12-5-6-13-25(23)29-26)28-30-27(31-34-28)21-9-3-2-4-10-21/h2-13,18-19H,14-17H2,1H3. The third-order valence-corrected chi connectivity index (χ3v) is 6.36. The highest BCUT2D eigenvalue weighted by molar-refractivity contribution is 5.94. The molecular weight excluding hydrogens is 422 g/mol. The van der Waals surface area contributed by atoms with E-state index in [-0.39, 0.29) is 0 Å². The first-order valence-corrected chi connectivity index (χ1v) is 11.6. The fourth-order valence-electron chi connectivity index (χ4n) is 4.56. The minimum Gasteiger partial charge on any atom is -0.368 e. The Morgan fingerprint density at radius 1 is 0.735 bits per heavy atom. The van der Waals surface area contributed by atoms with E-state index in [1.54, 1.807) is 0 Å². The first kappa shape index (κ1) is 20.4. The molecule has 168 valence electrons. The van der Waals surface area contributed by atoms with Crippen LogP contribution in [0.4, 0.5) is 11.5 Å². The number of rotatable bonds is 4. The zero-order valence-electron chi connectivity index (χ0n) is 19.1. The number of hydrogen-bond donors (Lipinski definition) is 0. The quantitative estimate of drug-likeness (QED) is 0.358. The Bertz CT molecular complexity index is 1440. The molecule has 6 heteroatoms. The largest absolute Gasteiger partial charge is 0.368 e. The first-order valence-electron chi connectivity index (χ1n) is 11.6. The van der Waals surface area contributed by atoms with E-state index in [2.05, 4.69) is 58.3 Å². The molecule has 6 rings (SSSR count). The lowest BCUT2D eigenvalue weighted by atomic mass is 10.1. The second-order valence-corrected chi connectivity index (χ2v) is 8.65. The fraction of sp³-hybridized carbons (Fsp3) is 0.179. The Morgan fingerprint density at radius 2 is 1.50 bits per heavy atom. The van der Waals surface area contributed by atoms with Crippen LogP contribution in [-0.2, 0) is 0 Å². The number of piperazine rings is 1. The Balaban J connectivity index is 1.32. The summed E-state index contributed by atoms with van der Waals surface area (Å²) in [6.45, 7) is 5.84. The number of aryl methyl sites for hydroxylation is 1. The summed E-state index contributed by atoms with van der Waals surface area (Å²) < 4.78 is 5.73. The molecule has 1 aliphatic heterocycles. The summed E-state index contributed by atoms with van der Waals surface area (Å²) in [7, 11) is 0. The lowest BCUT2D eigenvalue weighted by Gasteiger charge is -2.37. The van der Waals surface area contributed by atoms with Crippen molar-refractivity contribution in [1.29, 1.82) is 0 Å². The molecule has 3 aromatic carbocycles. The van der Waals surface area contributed by atoms with Crippen molar-refractivity contribution in [3.05, 3.63) is 90.5 Å². The van der Waals surface area contributed by atoms with Crippen LogP contribution in [0.25, 0.3) is 33.7 Å². The summed E-state index contributed by atoms with van der Waals surface area (Å²) in [6.07, 6.45) is 0. The molecule has 0 radical (unpaired) electrons. The second kappa shape index (κ2) is 8.63. The number of pyridine rings is 1. The molecule has 0 aliphatic carbocycles. The molecule has 2 aromatic heterocycles. The molecule has 34 heavy (non-hydrogen) atoms. The topological polar surface area (TPSA) is 58.3 Å². The van der Waals surface area contributed by atoms with Gasteiger partial charge in [-0.15, -0.1) is 0 Å². The SMILES string of the molecule is Cc1cccc(N2CCN(c3cc(-c4nc(-c5ccccc5)no4)c4ccccc4n3)CC2)c1. The third-order valence-electron chi connectivity index (χ3n) is 6.36. The maximum absolute atomic E-state index is 5.73. The monoisotopic (exact) mass is 447 g/mol. The molecule has 6 nitrogen and oxygen atoms in total. The van der Waals surface area contributed by atoms with Crippen LogP contribution in [0, 0.1) is 6.92 Å². The minimum atomic E-state index is 0.511. The molecule has 1 fully saturated rings. The van der Waals surface area contributed by atoms with E-state index in [1.165, 1.54) is 11.3 Å². The average molecular weight is 448 g/mol. The predicted molar refractivity (Wildman–Crippen MR) is 136 cm³/mol. The van der Waals surface area contributed by atoms with Gasteiger partial charge in [-0.05, 0) is 36.8 Å². The van der Waals surface area contributed by atoms with Crippen molar-refractivity contribution in [2.45, 2.75) is 6.92 Å². The molecule has 0 N–H and O–H groups in total. The van der Waals surface area contributed by atoms with Crippen molar-refractivity contribution in [2.75, 3.05) is 36.0 Å². The van der Waals surface area contributed by atoms with Gasteiger partial charge < -0.3 is 14.3 Å². The van der Waals surface area contributed by atoms with Gasteiger partial charge in [-0.1, -0.05) is 65.8 Å². The highest BCUT2D eigenvalue weighted by Crippen LogP contribution is 2.32. The molecule has 0 atom stereocenters. The smallest absolute Gasteiger partial charge is 0.259 e. The number of benzene rings is 3. The Morgan fingerprint density at radius 3 is 2.32 bits per heavy atom. The van der Waals surface area contributed by atoms with E-state index in [4.69, 9.17) is 14.5 Å². The van der Waals surface area contributed by atoms with Gasteiger partial charge in [0.1, 0.15) is 5.82 Å². The molecule has 3 heterocycles. The van der Waals surface area contributed by atoms with Gasteiger partial charge in [0.15, 0.2) is 0 Å².